The lowest BCUT2D eigenvalue weighted by molar-refractivity contribution is -0.140. The lowest BCUT2D eigenvalue weighted by Gasteiger charge is -2.10. The molecule has 0 fully saturated rings. The van der Waals surface area contributed by atoms with Crippen molar-refractivity contribution in [2.45, 2.75) is 53.4 Å². The van der Waals surface area contributed by atoms with E-state index in [0.29, 0.717) is 0 Å². The Hall–Kier alpha value is -0.660. The predicted octanol–water partition coefficient (Wildman–Crippen LogP) is 3.00. The average Bonchev–Trinajstić information content (AvgIpc) is 2.15. The molecule has 0 aliphatic carbocycles. The second kappa shape index (κ2) is 6.74. The molecule has 0 spiro atoms. The molecule has 0 bridgehead atoms. The van der Waals surface area contributed by atoms with Crippen LogP contribution in [0, 0.1) is 11.8 Å². The van der Waals surface area contributed by atoms with Crippen molar-refractivity contribution in [3.8, 4) is 0 Å². The highest BCUT2D eigenvalue weighted by atomic mass is 16.2. The Morgan fingerprint density at radius 2 is 1.57 bits per heavy atom. The van der Waals surface area contributed by atoms with Crippen LogP contribution in [0.4, 0.5) is 0 Å². The average molecular weight is 198 g/mol. The fourth-order valence-electron chi connectivity index (χ4n) is 1.36. The normalized spacial score (nSPS) is 12.9. The zero-order valence-corrected chi connectivity index (χ0v) is 9.80. The molecule has 14 heavy (non-hydrogen) atoms. The van der Waals surface area contributed by atoms with Gasteiger partial charge in [-0.05, 0) is 6.42 Å². The van der Waals surface area contributed by atoms with Gasteiger partial charge in [-0.15, -0.1) is 0 Å². The summed E-state index contributed by atoms with van der Waals surface area (Å²) in [5.41, 5.74) is 0. The molecular weight excluding hydrogens is 176 g/mol. The van der Waals surface area contributed by atoms with Crippen LogP contribution in [0.15, 0.2) is 0 Å². The third-order valence-electron chi connectivity index (χ3n) is 2.46. The van der Waals surface area contributed by atoms with Gasteiger partial charge in [-0.25, -0.2) is 0 Å². The van der Waals surface area contributed by atoms with Crippen molar-refractivity contribution >= 4 is 11.6 Å². The number of ketones is 2. The summed E-state index contributed by atoms with van der Waals surface area (Å²) in [6.07, 6.45) is 4.20. The van der Waals surface area contributed by atoms with Gasteiger partial charge in [0.15, 0.2) is 0 Å². The molecule has 0 radical (unpaired) electrons. The van der Waals surface area contributed by atoms with E-state index in [9.17, 15) is 9.59 Å². The lowest BCUT2D eigenvalue weighted by atomic mass is 9.92. The van der Waals surface area contributed by atoms with Gasteiger partial charge in [0.2, 0.25) is 11.6 Å². The van der Waals surface area contributed by atoms with Gasteiger partial charge in [0.05, 0.1) is 0 Å². The molecule has 0 saturated heterocycles. The Morgan fingerprint density at radius 1 is 1.00 bits per heavy atom. The van der Waals surface area contributed by atoms with Crippen molar-refractivity contribution in [1.82, 2.24) is 0 Å². The molecule has 82 valence electrons. The van der Waals surface area contributed by atoms with Gasteiger partial charge in [-0.1, -0.05) is 47.0 Å². The van der Waals surface area contributed by atoms with Crippen LogP contribution in [0.25, 0.3) is 0 Å². The predicted molar refractivity (Wildman–Crippen MR) is 58.2 cm³/mol. The van der Waals surface area contributed by atoms with Gasteiger partial charge in [0.1, 0.15) is 0 Å². The minimum Gasteiger partial charge on any atom is -0.291 e. The molecular formula is C12H22O2. The zero-order valence-electron chi connectivity index (χ0n) is 9.80. The van der Waals surface area contributed by atoms with Gasteiger partial charge in [0.25, 0.3) is 0 Å². The van der Waals surface area contributed by atoms with Crippen molar-refractivity contribution < 1.29 is 9.59 Å². The van der Waals surface area contributed by atoms with Crippen molar-refractivity contribution in [3.05, 3.63) is 0 Å². The van der Waals surface area contributed by atoms with Crippen molar-refractivity contribution in [2.24, 2.45) is 11.8 Å². The fourth-order valence-corrected chi connectivity index (χ4v) is 1.36. The highest BCUT2D eigenvalue weighted by molar-refractivity contribution is 6.38. The molecule has 0 amide bonds. The monoisotopic (exact) mass is 198 g/mol. The van der Waals surface area contributed by atoms with E-state index >= 15 is 0 Å². The number of Topliss-reactive ketones (excluding diaryl/α,β-unsaturated/α-hetero) is 2. The molecule has 2 heteroatoms. The van der Waals surface area contributed by atoms with E-state index < -0.39 is 0 Å². The first-order valence-corrected chi connectivity index (χ1v) is 5.58. The molecule has 0 aromatic heterocycles. The first-order valence-electron chi connectivity index (χ1n) is 5.58. The topological polar surface area (TPSA) is 34.1 Å². The molecule has 0 N–H and O–H groups in total. The van der Waals surface area contributed by atoms with Crippen molar-refractivity contribution in [2.75, 3.05) is 0 Å². The fraction of sp³-hybridized carbons (Fsp3) is 0.833. The van der Waals surface area contributed by atoms with Gasteiger partial charge < -0.3 is 0 Å². The summed E-state index contributed by atoms with van der Waals surface area (Å²) in [6.45, 7) is 7.54. The Bertz CT molecular complexity index is 194. The molecule has 1 atom stereocenters. The second-order valence-corrected chi connectivity index (χ2v) is 4.28. The Labute approximate surface area is 87.1 Å². The maximum absolute atomic E-state index is 11.5. The van der Waals surface area contributed by atoms with Crippen LogP contribution in [0.1, 0.15) is 53.4 Å². The first-order chi connectivity index (χ1) is 6.50. The molecule has 1 unspecified atom stereocenters. The van der Waals surface area contributed by atoms with Gasteiger partial charge in [0, 0.05) is 11.8 Å². The molecule has 0 rings (SSSR count). The molecule has 0 aromatic carbocycles. The van der Waals surface area contributed by atoms with E-state index in [1.54, 1.807) is 13.8 Å². The van der Waals surface area contributed by atoms with Crippen LogP contribution in [0.3, 0.4) is 0 Å². The van der Waals surface area contributed by atoms with Crippen LogP contribution in [0.5, 0.6) is 0 Å². The molecule has 0 saturated carbocycles. The van der Waals surface area contributed by atoms with Crippen molar-refractivity contribution in [1.29, 1.82) is 0 Å². The van der Waals surface area contributed by atoms with E-state index in [-0.39, 0.29) is 23.4 Å². The summed E-state index contributed by atoms with van der Waals surface area (Å²) >= 11 is 0. The maximum atomic E-state index is 11.5. The Kier molecular flexibility index (Phi) is 6.43. The molecule has 0 aliphatic rings. The summed E-state index contributed by atoms with van der Waals surface area (Å²) in [5.74, 6) is -0.641. The maximum Gasteiger partial charge on any atom is 0.201 e. The summed E-state index contributed by atoms with van der Waals surface area (Å²) in [5, 5.41) is 0. The molecule has 0 heterocycles. The van der Waals surface area contributed by atoms with Crippen LogP contribution < -0.4 is 0 Å². The number of carbonyl (C=O) groups is 2. The number of hydrogen-bond acceptors (Lipinski definition) is 2. The summed E-state index contributed by atoms with van der Waals surface area (Å²) < 4.78 is 0. The van der Waals surface area contributed by atoms with Crippen LogP contribution in [-0.4, -0.2) is 11.6 Å². The number of unbranched alkanes of at least 4 members (excludes halogenated alkanes) is 2. The Balaban J connectivity index is 3.93. The number of rotatable bonds is 7. The Morgan fingerprint density at radius 3 is 2.00 bits per heavy atom. The third kappa shape index (κ3) is 4.54. The van der Waals surface area contributed by atoms with Crippen LogP contribution in [-0.2, 0) is 9.59 Å². The van der Waals surface area contributed by atoms with E-state index in [1.807, 2.05) is 6.92 Å². The van der Waals surface area contributed by atoms with Crippen LogP contribution in [0.2, 0.25) is 0 Å². The number of hydrogen-bond donors (Lipinski definition) is 0. The van der Waals surface area contributed by atoms with Crippen LogP contribution >= 0.6 is 0 Å². The zero-order chi connectivity index (χ0) is 11.1. The van der Waals surface area contributed by atoms with E-state index in [2.05, 4.69) is 6.92 Å². The minimum absolute atomic E-state index is 0.0866. The van der Waals surface area contributed by atoms with Gasteiger partial charge >= 0.3 is 0 Å². The summed E-state index contributed by atoms with van der Waals surface area (Å²) in [7, 11) is 0. The van der Waals surface area contributed by atoms with E-state index in [4.69, 9.17) is 0 Å². The third-order valence-corrected chi connectivity index (χ3v) is 2.46. The van der Waals surface area contributed by atoms with E-state index in [0.717, 1.165) is 25.7 Å². The largest absolute Gasteiger partial charge is 0.291 e. The van der Waals surface area contributed by atoms with Gasteiger partial charge in [-0.3, -0.25) is 9.59 Å². The standard InChI is InChI=1S/C12H22O2/c1-5-6-7-8-10(4)12(14)11(13)9(2)3/h9-10H,5-8H2,1-4H3. The number of carbonyl (C=O) groups excluding carboxylic acids is 2. The van der Waals surface area contributed by atoms with Gasteiger partial charge in [-0.2, -0.15) is 0 Å². The highest BCUT2D eigenvalue weighted by Crippen LogP contribution is 2.12. The quantitative estimate of drug-likeness (QED) is 0.465. The highest BCUT2D eigenvalue weighted by Gasteiger charge is 2.22. The lowest BCUT2D eigenvalue weighted by Crippen LogP contribution is -2.25. The van der Waals surface area contributed by atoms with E-state index in [1.165, 1.54) is 0 Å². The smallest absolute Gasteiger partial charge is 0.201 e. The SMILES string of the molecule is CCCCCC(C)C(=O)C(=O)C(C)C. The molecule has 0 aromatic rings. The van der Waals surface area contributed by atoms with Crippen molar-refractivity contribution in [3.63, 3.8) is 0 Å². The minimum atomic E-state index is -0.214. The second-order valence-electron chi connectivity index (χ2n) is 4.28. The molecule has 0 aliphatic heterocycles. The summed E-state index contributed by atoms with van der Waals surface area (Å²) in [4.78, 5) is 22.9. The summed E-state index contributed by atoms with van der Waals surface area (Å²) in [6, 6.07) is 0. The molecule has 2 nitrogen and oxygen atoms in total. The first kappa shape index (κ1) is 13.3.